The van der Waals surface area contributed by atoms with Gasteiger partial charge in [0, 0.05) is 0 Å². The van der Waals surface area contributed by atoms with Gasteiger partial charge in [-0.2, -0.15) is 0 Å². The number of alkyl halides is 2. The number of halogens is 2. The lowest BCUT2D eigenvalue weighted by Crippen LogP contribution is -2.70. The molecule has 1 saturated heterocycles. The molecule has 0 radical (unpaired) electrons. The Bertz CT molecular complexity index is 95.0. The average Bonchev–Trinajstić information content (AvgIpc) is 1.64. The van der Waals surface area contributed by atoms with Crippen LogP contribution in [0.15, 0.2) is 0 Å². The fourth-order valence-electron chi connectivity index (χ4n) is 0.576. The van der Waals surface area contributed by atoms with Gasteiger partial charge in [0.25, 0.3) is 5.92 Å². The Morgan fingerprint density at radius 3 is 1.75 bits per heavy atom. The van der Waals surface area contributed by atoms with Gasteiger partial charge < -0.3 is 5.32 Å². The first-order valence-electron chi connectivity index (χ1n) is 2.59. The van der Waals surface area contributed by atoms with Gasteiger partial charge in [-0.05, 0) is 13.8 Å². The molecule has 1 heterocycles. The van der Waals surface area contributed by atoms with E-state index in [4.69, 9.17) is 0 Å². The molecule has 0 spiro atoms. The van der Waals surface area contributed by atoms with E-state index in [2.05, 4.69) is 5.32 Å². The molecule has 1 aliphatic heterocycles. The van der Waals surface area contributed by atoms with E-state index in [1.165, 1.54) is 13.8 Å². The fraction of sp³-hybridized carbons (Fsp3) is 1.00. The minimum absolute atomic E-state index is 0.167. The van der Waals surface area contributed by atoms with E-state index in [1.54, 1.807) is 0 Å². The van der Waals surface area contributed by atoms with Crippen molar-refractivity contribution < 1.29 is 8.78 Å². The van der Waals surface area contributed by atoms with E-state index in [9.17, 15) is 8.78 Å². The highest BCUT2D eigenvalue weighted by atomic mass is 19.3. The molecule has 1 N–H and O–H groups in total. The Morgan fingerprint density at radius 1 is 1.38 bits per heavy atom. The highest BCUT2D eigenvalue weighted by Gasteiger charge is 2.54. The zero-order valence-corrected chi connectivity index (χ0v) is 4.96. The van der Waals surface area contributed by atoms with Crippen LogP contribution in [-0.2, 0) is 0 Å². The normalized spacial score (nSPS) is 31.5. The van der Waals surface area contributed by atoms with E-state index in [1.807, 2.05) is 0 Å². The molecular formula is C5H9F2N. The lowest BCUT2D eigenvalue weighted by atomic mass is 9.88. The van der Waals surface area contributed by atoms with Gasteiger partial charge in [-0.1, -0.05) is 0 Å². The molecule has 0 atom stereocenters. The standard InChI is InChI=1S/C5H9F2N/c1-4(2)5(6,7)3-8-4/h8H,3H2,1-2H3. The van der Waals surface area contributed by atoms with Gasteiger partial charge in [0.2, 0.25) is 0 Å². The second-order valence-corrected chi connectivity index (χ2v) is 2.68. The molecule has 1 fully saturated rings. The Morgan fingerprint density at radius 2 is 1.75 bits per heavy atom. The van der Waals surface area contributed by atoms with Crippen molar-refractivity contribution in [2.45, 2.75) is 25.3 Å². The molecule has 0 aromatic carbocycles. The van der Waals surface area contributed by atoms with Crippen LogP contribution >= 0.6 is 0 Å². The molecule has 3 heteroatoms. The van der Waals surface area contributed by atoms with Crippen molar-refractivity contribution in [3.63, 3.8) is 0 Å². The number of nitrogens with one attached hydrogen (secondary N) is 1. The largest absolute Gasteiger partial charge is 0.301 e. The summed E-state index contributed by atoms with van der Waals surface area (Å²) in [6.45, 7) is 2.83. The highest BCUT2D eigenvalue weighted by molar-refractivity contribution is 5.03. The highest BCUT2D eigenvalue weighted by Crippen LogP contribution is 2.34. The molecule has 1 nitrogen and oxygen atoms in total. The molecule has 8 heavy (non-hydrogen) atoms. The predicted octanol–water partition coefficient (Wildman–Crippen LogP) is 1.00. The van der Waals surface area contributed by atoms with Crippen molar-refractivity contribution in [3.05, 3.63) is 0 Å². The summed E-state index contributed by atoms with van der Waals surface area (Å²) in [7, 11) is 0. The molecule has 1 aliphatic rings. The summed E-state index contributed by atoms with van der Waals surface area (Å²) in [5.41, 5.74) is -0.965. The summed E-state index contributed by atoms with van der Waals surface area (Å²) < 4.78 is 24.5. The maximum absolute atomic E-state index is 12.3. The number of rotatable bonds is 0. The molecule has 1 rings (SSSR count). The third kappa shape index (κ3) is 0.540. The molecule has 0 amide bonds. The molecule has 0 aliphatic carbocycles. The zero-order valence-electron chi connectivity index (χ0n) is 4.96. The van der Waals surface area contributed by atoms with Crippen LogP contribution < -0.4 is 5.32 Å². The van der Waals surface area contributed by atoms with E-state index in [0.29, 0.717) is 0 Å². The summed E-state index contributed by atoms with van der Waals surface area (Å²) in [5, 5.41) is 2.62. The smallest absolute Gasteiger partial charge is 0.277 e. The van der Waals surface area contributed by atoms with Gasteiger partial charge in [-0.15, -0.1) is 0 Å². The summed E-state index contributed by atoms with van der Waals surface area (Å²) in [5.74, 6) is -2.49. The van der Waals surface area contributed by atoms with Gasteiger partial charge in [0.05, 0.1) is 12.1 Å². The minimum atomic E-state index is -2.49. The quantitative estimate of drug-likeness (QED) is 0.504. The maximum atomic E-state index is 12.3. The van der Waals surface area contributed by atoms with Crippen molar-refractivity contribution >= 4 is 0 Å². The van der Waals surface area contributed by atoms with E-state index in [-0.39, 0.29) is 6.54 Å². The van der Waals surface area contributed by atoms with Crippen LogP contribution in [0.25, 0.3) is 0 Å². The third-order valence-electron chi connectivity index (χ3n) is 1.67. The van der Waals surface area contributed by atoms with Gasteiger partial charge in [-0.25, -0.2) is 8.78 Å². The van der Waals surface area contributed by atoms with Gasteiger partial charge in [0.15, 0.2) is 0 Å². The summed E-state index contributed by atoms with van der Waals surface area (Å²) >= 11 is 0. The monoisotopic (exact) mass is 121 g/mol. The zero-order chi connectivity index (χ0) is 6.41. The second kappa shape index (κ2) is 1.21. The Kier molecular flexibility index (Phi) is 0.899. The predicted molar refractivity (Wildman–Crippen MR) is 27.0 cm³/mol. The Labute approximate surface area is 47.1 Å². The van der Waals surface area contributed by atoms with Gasteiger partial charge in [-0.3, -0.25) is 0 Å². The van der Waals surface area contributed by atoms with E-state index < -0.39 is 11.5 Å². The first kappa shape index (κ1) is 5.95. The molecule has 48 valence electrons. The summed E-state index contributed by atoms with van der Waals surface area (Å²) in [6.07, 6.45) is 0. The van der Waals surface area contributed by atoms with Crippen LogP contribution in [-0.4, -0.2) is 18.0 Å². The lowest BCUT2D eigenvalue weighted by Gasteiger charge is -2.45. The number of hydrogen-bond acceptors (Lipinski definition) is 1. The third-order valence-corrected chi connectivity index (χ3v) is 1.67. The first-order valence-corrected chi connectivity index (χ1v) is 2.59. The van der Waals surface area contributed by atoms with Crippen molar-refractivity contribution in [1.29, 1.82) is 0 Å². The van der Waals surface area contributed by atoms with Gasteiger partial charge >= 0.3 is 0 Å². The molecule has 0 aromatic rings. The van der Waals surface area contributed by atoms with Crippen molar-refractivity contribution in [3.8, 4) is 0 Å². The van der Waals surface area contributed by atoms with Gasteiger partial charge in [0.1, 0.15) is 0 Å². The topological polar surface area (TPSA) is 12.0 Å². The molecule has 0 aromatic heterocycles. The van der Waals surface area contributed by atoms with Crippen LogP contribution in [0, 0.1) is 0 Å². The molecule has 0 saturated carbocycles. The first-order chi connectivity index (χ1) is 3.46. The van der Waals surface area contributed by atoms with Crippen molar-refractivity contribution in [2.75, 3.05) is 6.54 Å². The fourth-order valence-corrected chi connectivity index (χ4v) is 0.576. The van der Waals surface area contributed by atoms with Crippen LogP contribution in [0.1, 0.15) is 13.8 Å². The Balaban J connectivity index is 2.63. The summed E-state index contributed by atoms with van der Waals surface area (Å²) in [6, 6.07) is 0. The molecule has 0 unspecified atom stereocenters. The van der Waals surface area contributed by atoms with Crippen LogP contribution in [0.4, 0.5) is 8.78 Å². The minimum Gasteiger partial charge on any atom is -0.301 e. The van der Waals surface area contributed by atoms with Crippen molar-refractivity contribution in [2.24, 2.45) is 0 Å². The maximum Gasteiger partial charge on any atom is 0.277 e. The van der Waals surface area contributed by atoms with Crippen LogP contribution in [0.3, 0.4) is 0 Å². The van der Waals surface area contributed by atoms with Crippen LogP contribution in [0.5, 0.6) is 0 Å². The Hall–Kier alpha value is -0.180. The van der Waals surface area contributed by atoms with E-state index >= 15 is 0 Å². The lowest BCUT2D eigenvalue weighted by molar-refractivity contribution is -0.138. The van der Waals surface area contributed by atoms with E-state index in [0.717, 1.165) is 0 Å². The molecule has 0 bridgehead atoms. The number of hydrogen-bond donors (Lipinski definition) is 1. The second-order valence-electron chi connectivity index (χ2n) is 2.68. The summed E-state index contributed by atoms with van der Waals surface area (Å²) in [4.78, 5) is 0. The SMILES string of the molecule is CC1(C)NCC1(F)F. The average molecular weight is 121 g/mol. The van der Waals surface area contributed by atoms with Crippen molar-refractivity contribution in [1.82, 2.24) is 5.32 Å². The molecular weight excluding hydrogens is 112 g/mol. The van der Waals surface area contributed by atoms with Crippen LogP contribution in [0.2, 0.25) is 0 Å².